The van der Waals surface area contributed by atoms with E-state index in [1.165, 1.54) is 4.31 Å². The Morgan fingerprint density at radius 1 is 1.16 bits per heavy atom. The molecule has 1 amide bonds. The van der Waals surface area contributed by atoms with Gasteiger partial charge in [-0.25, -0.2) is 8.42 Å². The molecule has 0 aromatic heterocycles. The predicted octanol–water partition coefficient (Wildman–Crippen LogP) is 3.40. The highest BCUT2D eigenvalue weighted by Crippen LogP contribution is 2.29. The molecular formula is C17H20Br2N2O3S. The summed E-state index contributed by atoms with van der Waals surface area (Å²) < 4.78 is 28.5. The minimum atomic E-state index is -3.58. The van der Waals surface area contributed by atoms with Gasteiger partial charge in [-0.05, 0) is 52.9 Å². The standard InChI is InChI=1S/C17H20Br2N2O3S/c18-14-5-6-15(19)16(12-14)25(23,24)21-9-7-20(8-10-21)17(22)11-13-3-1-2-4-13/h1,3,5-6,12-13H,2,4,7-11H2. The number of halogens is 2. The van der Waals surface area contributed by atoms with Crippen LogP contribution in [-0.4, -0.2) is 49.7 Å². The minimum Gasteiger partial charge on any atom is -0.340 e. The third kappa shape index (κ3) is 4.35. The van der Waals surface area contributed by atoms with E-state index in [1.54, 1.807) is 23.1 Å². The number of piperazine rings is 1. The van der Waals surface area contributed by atoms with Crippen LogP contribution in [0.5, 0.6) is 0 Å². The third-order valence-corrected chi connectivity index (χ3v) is 8.04. The first kappa shape index (κ1) is 19.1. The molecule has 0 radical (unpaired) electrons. The number of amides is 1. The second-order valence-corrected chi connectivity index (χ2v) is 10.0. The number of hydrogen-bond donors (Lipinski definition) is 0. The number of allylic oxidation sites excluding steroid dienone is 2. The number of hydrogen-bond acceptors (Lipinski definition) is 3. The average molecular weight is 492 g/mol. The van der Waals surface area contributed by atoms with Crippen molar-refractivity contribution in [3.63, 3.8) is 0 Å². The van der Waals surface area contributed by atoms with Gasteiger partial charge in [0.15, 0.2) is 0 Å². The lowest BCUT2D eigenvalue weighted by atomic mass is 10.0. The van der Waals surface area contributed by atoms with Crippen LogP contribution in [0.25, 0.3) is 0 Å². The van der Waals surface area contributed by atoms with Gasteiger partial charge in [0.1, 0.15) is 0 Å². The second-order valence-electron chi connectivity index (χ2n) is 6.33. The average Bonchev–Trinajstić information content (AvgIpc) is 3.10. The Balaban J connectivity index is 1.64. The summed E-state index contributed by atoms with van der Waals surface area (Å²) in [5, 5.41) is 0. The first-order valence-electron chi connectivity index (χ1n) is 8.27. The van der Waals surface area contributed by atoms with E-state index in [9.17, 15) is 13.2 Å². The van der Waals surface area contributed by atoms with Crippen molar-refractivity contribution in [1.29, 1.82) is 0 Å². The van der Waals surface area contributed by atoms with E-state index in [0.29, 0.717) is 47.5 Å². The lowest BCUT2D eigenvalue weighted by Gasteiger charge is -2.34. The summed E-state index contributed by atoms with van der Waals surface area (Å²) in [5.74, 6) is 0.462. The van der Waals surface area contributed by atoms with E-state index in [4.69, 9.17) is 0 Å². The molecule has 1 aliphatic carbocycles. The van der Waals surface area contributed by atoms with Gasteiger partial charge in [-0.1, -0.05) is 28.1 Å². The number of carbonyl (C=O) groups excluding carboxylic acids is 1. The van der Waals surface area contributed by atoms with E-state index in [-0.39, 0.29) is 10.8 Å². The van der Waals surface area contributed by atoms with Gasteiger partial charge in [0.05, 0.1) is 4.90 Å². The molecular weight excluding hydrogens is 472 g/mol. The van der Waals surface area contributed by atoms with Crippen molar-refractivity contribution >= 4 is 47.8 Å². The van der Waals surface area contributed by atoms with Gasteiger partial charge < -0.3 is 4.90 Å². The SMILES string of the molecule is O=C(CC1C=CCC1)N1CCN(S(=O)(=O)c2cc(Br)ccc2Br)CC1. The molecule has 1 saturated heterocycles. The summed E-state index contributed by atoms with van der Waals surface area (Å²) >= 11 is 6.64. The second kappa shape index (κ2) is 7.90. The summed E-state index contributed by atoms with van der Waals surface area (Å²) in [6.07, 6.45) is 6.85. The number of rotatable bonds is 4. The van der Waals surface area contributed by atoms with Gasteiger partial charge in [-0.15, -0.1) is 0 Å². The van der Waals surface area contributed by atoms with E-state index < -0.39 is 10.0 Å². The molecule has 1 aromatic rings. The Labute approximate surface area is 165 Å². The van der Waals surface area contributed by atoms with Crippen LogP contribution in [0.15, 0.2) is 44.2 Å². The minimum absolute atomic E-state index is 0.122. The van der Waals surface area contributed by atoms with Crippen LogP contribution in [0.1, 0.15) is 19.3 Å². The van der Waals surface area contributed by atoms with Crippen molar-refractivity contribution in [2.75, 3.05) is 26.2 Å². The molecule has 1 atom stereocenters. The molecule has 8 heteroatoms. The molecule has 3 rings (SSSR count). The highest BCUT2D eigenvalue weighted by molar-refractivity contribution is 9.11. The van der Waals surface area contributed by atoms with Gasteiger partial charge in [-0.3, -0.25) is 4.79 Å². The summed E-state index contributed by atoms with van der Waals surface area (Å²) in [5.41, 5.74) is 0. The van der Waals surface area contributed by atoms with E-state index >= 15 is 0 Å². The monoisotopic (exact) mass is 490 g/mol. The Kier molecular flexibility index (Phi) is 6.03. The highest BCUT2D eigenvalue weighted by atomic mass is 79.9. The number of carbonyl (C=O) groups is 1. The van der Waals surface area contributed by atoms with Crippen LogP contribution in [0.3, 0.4) is 0 Å². The molecule has 1 heterocycles. The van der Waals surface area contributed by atoms with Crippen molar-refractivity contribution in [3.8, 4) is 0 Å². The van der Waals surface area contributed by atoms with E-state index in [2.05, 4.69) is 44.0 Å². The Hall–Kier alpha value is -0.700. The van der Waals surface area contributed by atoms with Gasteiger partial charge >= 0.3 is 0 Å². The normalized spacial score (nSPS) is 21.7. The first-order valence-corrected chi connectivity index (χ1v) is 11.3. The molecule has 0 spiro atoms. The molecule has 1 fully saturated rings. The fourth-order valence-electron chi connectivity index (χ4n) is 3.21. The molecule has 5 nitrogen and oxygen atoms in total. The topological polar surface area (TPSA) is 57.7 Å². The van der Waals surface area contributed by atoms with Crippen molar-refractivity contribution < 1.29 is 13.2 Å². The zero-order valence-electron chi connectivity index (χ0n) is 13.7. The maximum Gasteiger partial charge on any atom is 0.244 e. The third-order valence-electron chi connectivity index (χ3n) is 4.65. The number of nitrogens with zero attached hydrogens (tertiary/aromatic N) is 2. The van der Waals surface area contributed by atoms with Gasteiger partial charge in [0.2, 0.25) is 15.9 Å². The first-order chi connectivity index (χ1) is 11.9. The Morgan fingerprint density at radius 3 is 2.52 bits per heavy atom. The quantitative estimate of drug-likeness (QED) is 0.606. The number of benzene rings is 1. The van der Waals surface area contributed by atoms with Crippen molar-refractivity contribution in [2.45, 2.75) is 24.2 Å². The molecule has 1 aromatic carbocycles. The van der Waals surface area contributed by atoms with E-state index in [0.717, 1.165) is 12.8 Å². The maximum absolute atomic E-state index is 12.9. The predicted molar refractivity (Wildman–Crippen MR) is 104 cm³/mol. The van der Waals surface area contributed by atoms with Crippen molar-refractivity contribution in [2.24, 2.45) is 5.92 Å². The van der Waals surface area contributed by atoms with Crippen LogP contribution in [-0.2, 0) is 14.8 Å². The molecule has 0 bridgehead atoms. The summed E-state index contributed by atoms with van der Waals surface area (Å²) in [6.45, 7) is 1.54. The lowest BCUT2D eigenvalue weighted by Crippen LogP contribution is -2.50. The molecule has 2 aliphatic rings. The Morgan fingerprint density at radius 2 is 1.88 bits per heavy atom. The Bertz CT molecular complexity index is 787. The van der Waals surface area contributed by atoms with Crippen LogP contribution in [0.4, 0.5) is 0 Å². The molecule has 1 aliphatic heterocycles. The van der Waals surface area contributed by atoms with Crippen LogP contribution >= 0.6 is 31.9 Å². The van der Waals surface area contributed by atoms with Crippen LogP contribution < -0.4 is 0 Å². The van der Waals surface area contributed by atoms with Crippen LogP contribution in [0.2, 0.25) is 0 Å². The van der Waals surface area contributed by atoms with Crippen molar-refractivity contribution in [1.82, 2.24) is 9.21 Å². The largest absolute Gasteiger partial charge is 0.340 e. The van der Waals surface area contributed by atoms with Crippen LogP contribution in [0, 0.1) is 5.92 Å². The smallest absolute Gasteiger partial charge is 0.244 e. The molecule has 0 saturated carbocycles. The maximum atomic E-state index is 12.9. The molecule has 1 unspecified atom stereocenters. The summed E-state index contributed by atoms with van der Waals surface area (Å²) in [7, 11) is -3.58. The zero-order valence-corrected chi connectivity index (χ0v) is 17.7. The van der Waals surface area contributed by atoms with E-state index in [1.807, 2.05) is 0 Å². The van der Waals surface area contributed by atoms with Crippen molar-refractivity contribution in [3.05, 3.63) is 39.3 Å². The summed E-state index contributed by atoms with van der Waals surface area (Å²) in [4.78, 5) is 14.4. The molecule has 25 heavy (non-hydrogen) atoms. The molecule has 136 valence electrons. The lowest BCUT2D eigenvalue weighted by molar-refractivity contribution is -0.133. The van der Waals surface area contributed by atoms with Gasteiger partial charge in [0.25, 0.3) is 0 Å². The van der Waals surface area contributed by atoms with Gasteiger partial charge in [-0.2, -0.15) is 4.31 Å². The summed E-state index contributed by atoms with van der Waals surface area (Å²) in [6, 6.07) is 5.10. The number of sulfonamides is 1. The molecule has 0 N–H and O–H groups in total. The fourth-order valence-corrected chi connectivity index (χ4v) is 6.10. The van der Waals surface area contributed by atoms with Gasteiger partial charge in [0, 0.05) is 41.5 Å². The highest BCUT2D eigenvalue weighted by Gasteiger charge is 2.32. The zero-order chi connectivity index (χ0) is 18.0. The fraction of sp³-hybridized carbons (Fsp3) is 0.471.